The lowest BCUT2D eigenvalue weighted by atomic mass is 9.83. The van der Waals surface area contributed by atoms with Crippen molar-refractivity contribution in [1.82, 2.24) is 15.1 Å². The van der Waals surface area contributed by atoms with E-state index in [-0.39, 0.29) is 27.8 Å². The molecule has 0 aliphatic heterocycles. The maximum atomic E-state index is 13.3. The highest BCUT2D eigenvalue weighted by molar-refractivity contribution is 6.36. The SMILES string of the molecule is CCn1nc(C(=O)NCC2CCC(C)CC2)c(Cl)c1-c1ccc(CC(C)(C)CC)cc1OC(F)F. The second-order valence-corrected chi connectivity index (χ2v) is 10.9. The second-order valence-electron chi connectivity index (χ2n) is 10.6. The Hall–Kier alpha value is -2.15. The number of benzene rings is 1. The zero-order valence-electron chi connectivity index (χ0n) is 21.5. The van der Waals surface area contributed by atoms with E-state index in [1.165, 1.54) is 12.8 Å². The maximum Gasteiger partial charge on any atom is 0.387 e. The highest BCUT2D eigenvalue weighted by Gasteiger charge is 2.27. The largest absolute Gasteiger partial charge is 0.434 e. The number of nitrogens with one attached hydrogen (secondary N) is 1. The van der Waals surface area contributed by atoms with Crippen LogP contribution in [0.3, 0.4) is 0 Å². The van der Waals surface area contributed by atoms with Gasteiger partial charge in [-0.25, -0.2) is 0 Å². The molecule has 0 atom stereocenters. The Morgan fingerprint density at radius 3 is 2.54 bits per heavy atom. The van der Waals surface area contributed by atoms with Crippen molar-refractivity contribution in [3.63, 3.8) is 0 Å². The van der Waals surface area contributed by atoms with E-state index in [2.05, 4.69) is 38.1 Å². The molecule has 0 saturated heterocycles. The number of rotatable bonds is 10. The zero-order valence-corrected chi connectivity index (χ0v) is 22.2. The van der Waals surface area contributed by atoms with Crippen LogP contribution in [0.1, 0.15) is 82.8 Å². The number of hydrogen-bond donors (Lipinski definition) is 1. The van der Waals surface area contributed by atoms with Gasteiger partial charge in [-0.3, -0.25) is 9.48 Å². The van der Waals surface area contributed by atoms with Gasteiger partial charge in [-0.2, -0.15) is 13.9 Å². The first kappa shape index (κ1) is 27.4. The standard InChI is InChI=1S/C27H38ClF2N3O2/c1-6-27(4,5)15-19-12-13-20(21(14-19)35-26(29)30)24-22(28)23(32-33(24)7-2)25(34)31-16-18-10-8-17(3)9-11-18/h12-14,17-18,26H,6-11,15-16H2,1-5H3,(H,31,34). The topological polar surface area (TPSA) is 56.2 Å². The van der Waals surface area contributed by atoms with Gasteiger partial charge in [-0.1, -0.05) is 64.6 Å². The van der Waals surface area contributed by atoms with E-state index in [1.807, 2.05) is 13.0 Å². The molecule has 1 aliphatic carbocycles. The molecule has 1 aromatic heterocycles. The molecule has 35 heavy (non-hydrogen) atoms. The van der Waals surface area contributed by atoms with Crippen LogP contribution in [-0.4, -0.2) is 28.8 Å². The Morgan fingerprint density at radius 2 is 1.94 bits per heavy atom. The van der Waals surface area contributed by atoms with E-state index in [1.54, 1.807) is 16.8 Å². The van der Waals surface area contributed by atoms with Gasteiger partial charge in [-0.15, -0.1) is 0 Å². The van der Waals surface area contributed by atoms with Crippen molar-refractivity contribution >= 4 is 17.5 Å². The summed E-state index contributed by atoms with van der Waals surface area (Å²) >= 11 is 6.67. The first-order valence-corrected chi connectivity index (χ1v) is 13.0. The fraction of sp³-hybridized carbons (Fsp3) is 0.630. The number of nitrogens with zero attached hydrogens (tertiary/aromatic N) is 2. The highest BCUT2D eigenvalue weighted by Crippen LogP contribution is 2.39. The number of aryl methyl sites for hydroxylation is 1. The average molecular weight is 510 g/mol. The van der Waals surface area contributed by atoms with Crippen LogP contribution in [0.15, 0.2) is 18.2 Å². The lowest BCUT2D eigenvalue weighted by Gasteiger charge is -2.26. The van der Waals surface area contributed by atoms with E-state index in [0.717, 1.165) is 37.2 Å². The minimum Gasteiger partial charge on any atom is -0.434 e. The van der Waals surface area contributed by atoms with E-state index < -0.39 is 6.61 Å². The molecule has 1 fully saturated rings. The molecule has 1 aromatic carbocycles. The fourth-order valence-corrected chi connectivity index (χ4v) is 4.99. The molecule has 1 amide bonds. The third-order valence-electron chi connectivity index (χ3n) is 7.25. The van der Waals surface area contributed by atoms with Crippen LogP contribution in [0.4, 0.5) is 8.78 Å². The second kappa shape index (κ2) is 11.7. The molecule has 0 radical (unpaired) electrons. The molecule has 5 nitrogen and oxygen atoms in total. The molecule has 1 heterocycles. The first-order valence-electron chi connectivity index (χ1n) is 12.7. The van der Waals surface area contributed by atoms with Crippen molar-refractivity contribution in [3.8, 4) is 17.0 Å². The summed E-state index contributed by atoms with van der Waals surface area (Å²) in [5, 5.41) is 7.54. The molecule has 0 spiro atoms. The van der Waals surface area contributed by atoms with Gasteiger partial charge in [0.1, 0.15) is 5.75 Å². The van der Waals surface area contributed by atoms with Gasteiger partial charge < -0.3 is 10.1 Å². The van der Waals surface area contributed by atoms with Crippen LogP contribution in [-0.2, 0) is 13.0 Å². The van der Waals surface area contributed by atoms with Crippen LogP contribution >= 0.6 is 11.6 Å². The van der Waals surface area contributed by atoms with Gasteiger partial charge in [0.15, 0.2) is 5.69 Å². The molecular weight excluding hydrogens is 472 g/mol. The number of ether oxygens (including phenoxy) is 1. The number of aromatic nitrogens is 2. The van der Waals surface area contributed by atoms with E-state index in [4.69, 9.17) is 16.3 Å². The molecule has 1 aliphatic rings. The van der Waals surface area contributed by atoms with Gasteiger partial charge in [0.2, 0.25) is 0 Å². The summed E-state index contributed by atoms with van der Waals surface area (Å²) in [6.45, 7) is 8.51. The van der Waals surface area contributed by atoms with Crippen molar-refractivity contribution in [2.45, 2.75) is 86.3 Å². The monoisotopic (exact) mass is 509 g/mol. The quantitative estimate of drug-likeness (QED) is 0.364. The lowest BCUT2D eigenvalue weighted by Crippen LogP contribution is -2.31. The maximum absolute atomic E-state index is 13.3. The number of alkyl halides is 2. The first-order chi connectivity index (χ1) is 16.5. The molecule has 0 bridgehead atoms. The molecule has 1 saturated carbocycles. The van der Waals surface area contributed by atoms with Crippen molar-refractivity contribution in [1.29, 1.82) is 0 Å². The summed E-state index contributed by atoms with van der Waals surface area (Å²) < 4.78 is 33.1. The Labute approximate surface area is 212 Å². The predicted octanol–water partition coefficient (Wildman–Crippen LogP) is 7.36. The highest BCUT2D eigenvalue weighted by atomic mass is 35.5. The normalized spacial score (nSPS) is 18.7. The van der Waals surface area contributed by atoms with Gasteiger partial charge >= 0.3 is 6.61 Å². The lowest BCUT2D eigenvalue weighted by molar-refractivity contribution is -0.0495. The molecule has 2 aromatic rings. The minimum absolute atomic E-state index is 0.0219. The predicted molar refractivity (Wildman–Crippen MR) is 136 cm³/mol. The van der Waals surface area contributed by atoms with Crippen molar-refractivity contribution in [2.24, 2.45) is 17.3 Å². The minimum atomic E-state index is -2.99. The summed E-state index contributed by atoms with van der Waals surface area (Å²) in [6, 6.07) is 5.28. The van der Waals surface area contributed by atoms with Crippen LogP contribution in [0.5, 0.6) is 5.75 Å². The van der Waals surface area contributed by atoms with Crippen LogP contribution in [0.2, 0.25) is 5.02 Å². The molecule has 8 heteroatoms. The number of carbonyl (C=O) groups is 1. The summed E-state index contributed by atoms with van der Waals surface area (Å²) in [4.78, 5) is 13.0. The smallest absolute Gasteiger partial charge is 0.387 e. The summed E-state index contributed by atoms with van der Waals surface area (Å²) in [6.07, 6.45) is 6.21. The van der Waals surface area contributed by atoms with Crippen molar-refractivity contribution in [2.75, 3.05) is 6.54 Å². The fourth-order valence-electron chi connectivity index (χ4n) is 4.67. The number of halogens is 3. The van der Waals surface area contributed by atoms with E-state index >= 15 is 0 Å². The molecular formula is C27H38ClF2N3O2. The molecule has 3 rings (SSSR count). The van der Waals surface area contributed by atoms with Crippen molar-refractivity contribution < 1.29 is 18.3 Å². The van der Waals surface area contributed by atoms with Gasteiger partial charge in [0.25, 0.3) is 5.91 Å². The third kappa shape index (κ3) is 6.96. The van der Waals surface area contributed by atoms with Crippen molar-refractivity contribution in [3.05, 3.63) is 34.5 Å². The number of amides is 1. The Kier molecular flexibility index (Phi) is 9.19. The van der Waals surface area contributed by atoms with Crippen LogP contribution in [0.25, 0.3) is 11.3 Å². The number of hydrogen-bond acceptors (Lipinski definition) is 3. The zero-order chi connectivity index (χ0) is 25.8. The van der Waals surface area contributed by atoms with E-state index in [0.29, 0.717) is 30.3 Å². The third-order valence-corrected chi connectivity index (χ3v) is 7.61. The van der Waals surface area contributed by atoms with Gasteiger partial charge in [-0.05, 0) is 61.1 Å². The Bertz CT molecular complexity index is 1010. The average Bonchev–Trinajstić information content (AvgIpc) is 3.14. The Balaban J connectivity index is 1.90. The Morgan fingerprint density at radius 1 is 1.26 bits per heavy atom. The summed E-state index contributed by atoms with van der Waals surface area (Å²) in [5.41, 5.74) is 1.82. The van der Waals surface area contributed by atoms with E-state index in [9.17, 15) is 13.6 Å². The van der Waals surface area contributed by atoms with Gasteiger partial charge in [0.05, 0.1) is 10.7 Å². The molecule has 0 unspecified atom stereocenters. The van der Waals surface area contributed by atoms with Crippen LogP contribution < -0.4 is 10.1 Å². The summed E-state index contributed by atoms with van der Waals surface area (Å²) in [5.74, 6) is 0.875. The number of carbonyl (C=O) groups excluding carboxylic acids is 1. The molecule has 194 valence electrons. The molecule has 1 N–H and O–H groups in total. The summed E-state index contributed by atoms with van der Waals surface area (Å²) in [7, 11) is 0. The van der Waals surface area contributed by atoms with Crippen LogP contribution in [0, 0.1) is 17.3 Å². The van der Waals surface area contributed by atoms with Gasteiger partial charge in [0, 0.05) is 18.7 Å².